The maximum atomic E-state index is 6.79. The molecule has 0 unspecified atom stereocenters. The second-order valence-electron chi connectivity index (χ2n) is 18.4. The molecule has 2 aliphatic heterocycles. The molecule has 0 amide bonds. The summed E-state index contributed by atoms with van der Waals surface area (Å²) in [5.41, 5.74) is 21.8. The van der Waals surface area contributed by atoms with Gasteiger partial charge in [0.15, 0.2) is 23.3 Å². The van der Waals surface area contributed by atoms with Gasteiger partial charge in [0, 0.05) is 22.7 Å². The van der Waals surface area contributed by atoms with Crippen LogP contribution < -0.4 is 21.3 Å². The topological polar surface area (TPSA) is 108 Å². The molecule has 54 heavy (non-hydrogen) atoms. The van der Waals surface area contributed by atoms with Crippen molar-refractivity contribution in [1.29, 1.82) is 0 Å². The van der Waals surface area contributed by atoms with Gasteiger partial charge >= 0.3 is 0 Å². The summed E-state index contributed by atoms with van der Waals surface area (Å²) in [6.45, 7) is 26.5. The van der Waals surface area contributed by atoms with Crippen molar-refractivity contribution >= 4 is 46.1 Å². The van der Waals surface area contributed by atoms with Gasteiger partial charge in [0.25, 0.3) is 0 Å². The van der Waals surface area contributed by atoms with Crippen LogP contribution in [0.3, 0.4) is 0 Å². The Balaban J connectivity index is 1.52. The minimum absolute atomic E-state index is 0.0644. The molecule has 0 fully saturated rings. The highest BCUT2D eigenvalue weighted by Crippen LogP contribution is 2.37. The van der Waals surface area contributed by atoms with Crippen LogP contribution in [-0.2, 0) is 21.7 Å². The lowest BCUT2D eigenvalue weighted by molar-refractivity contribution is 0.589. The quantitative estimate of drug-likeness (QED) is 0.219. The molecule has 6 rings (SSSR count). The Morgan fingerprint density at radius 1 is 0.370 bits per heavy atom. The van der Waals surface area contributed by atoms with E-state index in [4.69, 9.17) is 31.4 Å². The molecular weight excluding hydrogens is 665 g/mol. The Morgan fingerprint density at radius 3 is 0.833 bits per heavy atom. The highest BCUT2D eigenvalue weighted by Gasteiger charge is 2.32. The lowest BCUT2D eigenvalue weighted by atomic mass is 9.86. The summed E-state index contributed by atoms with van der Waals surface area (Å²) in [7, 11) is 0. The highest BCUT2D eigenvalue weighted by molar-refractivity contribution is 6.49. The summed E-state index contributed by atoms with van der Waals surface area (Å²) >= 11 is 0. The third-order valence-corrected chi connectivity index (χ3v) is 9.84. The first kappa shape index (κ1) is 38.2. The molecule has 0 saturated carbocycles. The molecule has 8 nitrogen and oxygen atoms in total. The summed E-state index contributed by atoms with van der Waals surface area (Å²) in [4.78, 5) is 23.8. The Labute approximate surface area is 322 Å². The Hall–Kier alpha value is -5.50. The SMILES string of the molecule is CC(C)(C)c1cccc(N(C2=N/C(=C3\N=C(N)C(N(c4cccc(C(C)(C)C)c4)c4cccc(C(C)(C)C)c4)=N3)N=C2N)c2cccc(C(C)(C)C)c2)c1. The third-order valence-electron chi connectivity index (χ3n) is 9.84. The Morgan fingerprint density at radius 2 is 0.611 bits per heavy atom. The Bertz CT molecular complexity index is 1970. The van der Waals surface area contributed by atoms with E-state index in [-0.39, 0.29) is 33.3 Å². The van der Waals surface area contributed by atoms with Gasteiger partial charge < -0.3 is 11.5 Å². The average molecular weight is 721 g/mol. The van der Waals surface area contributed by atoms with Crippen LogP contribution in [0.5, 0.6) is 0 Å². The van der Waals surface area contributed by atoms with Crippen molar-refractivity contribution < 1.29 is 0 Å². The fourth-order valence-electron chi connectivity index (χ4n) is 6.46. The summed E-state index contributed by atoms with van der Waals surface area (Å²) in [5, 5.41) is 0. The van der Waals surface area contributed by atoms with Crippen molar-refractivity contribution in [3.8, 4) is 0 Å². The van der Waals surface area contributed by atoms with Crippen LogP contribution >= 0.6 is 0 Å². The largest absolute Gasteiger partial charge is 0.381 e. The molecule has 0 radical (unpaired) electrons. The highest BCUT2D eigenvalue weighted by atomic mass is 15.3. The molecule has 4 N–H and O–H groups in total. The molecule has 0 bridgehead atoms. The van der Waals surface area contributed by atoms with E-state index in [2.05, 4.69) is 190 Å². The van der Waals surface area contributed by atoms with E-state index < -0.39 is 0 Å². The van der Waals surface area contributed by atoms with Crippen LogP contribution in [0.25, 0.3) is 0 Å². The van der Waals surface area contributed by atoms with E-state index in [0.29, 0.717) is 23.3 Å². The van der Waals surface area contributed by atoms with Crippen molar-refractivity contribution in [2.24, 2.45) is 31.4 Å². The van der Waals surface area contributed by atoms with Gasteiger partial charge in [-0.05, 0) is 92.4 Å². The zero-order chi connectivity index (χ0) is 39.4. The van der Waals surface area contributed by atoms with Gasteiger partial charge in [-0.3, -0.25) is 9.80 Å². The molecule has 2 aliphatic rings. The number of hydrogen-bond acceptors (Lipinski definition) is 8. The maximum Gasteiger partial charge on any atom is 0.202 e. The van der Waals surface area contributed by atoms with E-state index in [1.54, 1.807) is 0 Å². The minimum Gasteiger partial charge on any atom is -0.381 e. The van der Waals surface area contributed by atoms with Gasteiger partial charge in [-0.2, -0.15) is 0 Å². The van der Waals surface area contributed by atoms with Crippen LogP contribution in [0.2, 0.25) is 0 Å². The van der Waals surface area contributed by atoms with Gasteiger partial charge in [0.1, 0.15) is 0 Å². The second-order valence-corrected chi connectivity index (χ2v) is 18.4. The number of nitrogens with zero attached hydrogens (tertiary/aromatic N) is 6. The maximum absolute atomic E-state index is 6.79. The first-order valence-electron chi connectivity index (χ1n) is 18.7. The average Bonchev–Trinajstić information content (AvgIpc) is 3.66. The Kier molecular flexibility index (Phi) is 9.72. The van der Waals surface area contributed by atoms with Crippen LogP contribution in [0.1, 0.15) is 105 Å². The van der Waals surface area contributed by atoms with E-state index >= 15 is 0 Å². The number of anilines is 4. The third kappa shape index (κ3) is 7.88. The molecule has 4 aromatic rings. The number of nitrogens with two attached hydrogens (primary N) is 2. The molecule has 0 atom stereocenters. The number of aliphatic imine (C=N–C) groups is 4. The number of hydrogen-bond donors (Lipinski definition) is 2. The fourth-order valence-corrected chi connectivity index (χ4v) is 6.46. The molecule has 280 valence electrons. The minimum atomic E-state index is -0.0644. The fraction of sp³-hybridized carbons (Fsp3) is 0.348. The smallest absolute Gasteiger partial charge is 0.202 e. The molecule has 0 saturated heterocycles. The summed E-state index contributed by atoms with van der Waals surface area (Å²) < 4.78 is 0. The molecule has 8 heteroatoms. The van der Waals surface area contributed by atoms with Crippen molar-refractivity contribution in [2.75, 3.05) is 9.80 Å². The van der Waals surface area contributed by atoms with E-state index in [1.807, 2.05) is 0 Å². The number of rotatable bonds is 4. The lowest BCUT2D eigenvalue weighted by Gasteiger charge is -2.29. The van der Waals surface area contributed by atoms with Gasteiger partial charge in [-0.15, -0.1) is 0 Å². The van der Waals surface area contributed by atoms with E-state index in [9.17, 15) is 0 Å². The molecular formula is C46H56N8. The molecule has 4 aromatic carbocycles. The predicted molar refractivity (Wildman–Crippen MR) is 230 cm³/mol. The van der Waals surface area contributed by atoms with Gasteiger partial charge in [-0.25, -0.2) is 20.0 Å². The number of benzene rings is 4. The standard InChI is InChI=1S/C46H56N8/c1-43(2,3)29-17-13-21-33(25-29)53(34-22-14-18-30(26-34)44(4,5)6)41-37(47)49-39(51-41)40-50-38(48)42(52-40)54(35-23-15-19-31(27-35)45(7,8)9)36-24-16-20-32(28-36)46(10,11)12/h13-28H,1-12H3,(H2,47,49)(H2,48,50)/b40-39+. The van der Waals surface area contributed by atoms with E-state index in [1.165, 1.54) is 22.3 Å². The van der Waals surface area contributed by atoms with Crippen molar-refractivity contribution in [2.45, 2.75) is 105 Å². The zero-order valence-corrected chi connectivity index (χ0v) is 34.1. The molecule has 0 spiro atoms. The summed E-state index contributed by atoms with van der Waals surface area (Å²) in [6.07, 6.45) is 0. The molecule has 2 heterocycles. The summed E-state index contributed by atoms with van der Waals surface area (Å²) in [6, 6.07) is 34.0. The van der Waals surface area contributed by atoms with Gasteiger partial charge in [-0.1, -0.05) is 132 Å². The summed E-state index contributed by atoms with van der Waals surface area (Å²) in [5.74, 6) is 2.14. The lowest BCUT2D eigenvalue weighted by Crippen LogP contribution is -2.36. The van der Waals surface area contributed by atoms with Crippen LogP contribution in [0.4, 0.5) is 22.7 Å². The van der Waals surface area contributed by atoms with E-state index in [0.717, 1.165) is 22.7 Å². The first-order chi connectivity index (χ1) is 25.1. The van der Waals surface area contributed by atoms with Crippen molar-refractivity contribution in [3.05, 3.63) is 131 Å². The number of amidine groups is 4. The second kappa shape index (κ2) is 13.7. The van der Waals surface area contributed by atoms with Crippen molar-refractivity contribution in [3.63, 3.8) is 0 Å². The molecule has 0 aromatic heterocycles. The normalized spacial score (nSPS) is 16.5. The predicted octanol–water partition coefficient (Wildman–Crippen LogP) is 10.5. The van der Waals surface area contributed by atoms with Crippen LogP contribution in [0, 0.1) is 0 Å². The van der Waals surface area contributed by atoms with Gasteiger partial charge in [0.05, 0.1) is 0 Å². The molecule has 0 aliphatic carbocycles. The monoisotopic (exact) mass is 720 g/mol. The van der Waals surface area contributed by atoms with Gasteiger partial charge in [0.2, 0.25) is 11.6 Å². The van der Waals surface area contributed by atoms with Crippen LogP contribution in [0.15, 0.2) is 129 Å². The first-order valence-corrected chi connectivity index (χ1v) is 18.7. The van der Waals surface area contributed by atoms with Crippen molar-refractivity contribution in [1.82, 2.24) is 0 Å². The van der Waals surface area contributed by atoms with Crippen LogP contribution in [-0.4, -0.2) is 23.3 Å². The zero-order valence-electron chi connectivity index (χ0n) is 34.1.